The molecular formula is C23H23ClN6O2S2. The van der Waals surface area contributed by atoms with E-state index in [1.54, 1.807) is 35.9 Å². The third-order valence-electron chi connectivity index (χ3n) is 5.58. The zero-order valence-electron chi connectivity index (χ0n) is 18.7. The first kappa shape index (κ1) is 24.3. The van der Waals surface area contributed by atoms with E-state index in [4.69, 9.17) is 11.6 Å². The molecule has 0 saturated heterocycles. The molecule has 2 N–H and O–H groups in total. The maximum Gasteiger partial charge on any atom is 0.251 e. The molecule has 1 aliphatic rings. The fourth-order valence-electron chi connectivity index (χ4n) is 3.84. The first-order valence-corrected chi connectivity index (χ1v) is 13.0. The molecule has 34 heavy (non-hydrogen) atoms. The summed E-state index contributed by atoms with van der Waals surface area (Å²) in [4.78, 5) is 26.3. The number of carbonyl (C=O) groups is 2. The number of hydrogen-bond donors (Lipinski definition) is 2. The van der Waals surface area contributed by atoms with Crippen LogP contribution >= 0.6 is 34.7 Å². The van der Waals surface area contributed by atoms with Crippen LogP contribution in [0.4, 0.5) is 5.00 Å². The van der Waals surface area contributed by atoms with Crippen molar-refractivity contribution in [2.24, 2.45) is 7.05 Å². The normalized spacial score (nSPS) is 13.6. The van der Waals surface area contributed by atoms with Crippen molar-refractivity contribution in [1.29, 1.82) is 5.26 Å². The van der Waals surface area contributed by atoms with Gasteiger partial charge in [-0.25, -0.2) is 0 Å². The highest BCUT2D eigenvalue weighted by Gasteiger charge is 2.23. The lowest BCUT2D eigenvalue weighted by molar-refractivity contribution is -0.113. The molecule has 2 heterocycles. The minimum atomic E-state index is -0.389. The molecule has 1 unspecified atom stereocenters. The van der Waals surface area contributed by atoms with Crippen molar-refractivity contribution in [3.8, 4) is 6.07 Å². The van der Waals surface area contributed by atoms with Gasteiger partial charge < -0.3 is 15.2 Å². The van der Waals surface area contributed by atoms with Crippen molar-refractivity contribution in [2.75, 3.05) is 11.1 Å². The first-order chi connectivity index (χ1) is 16.4. The third kappa shape index (κ3) is 5.27. The van der Waals surface area contributed by atoms with E-state index in [1.807, 2.05) is 6.92 Å². The largest absolute Gasteiger partial charge is 0.342 e. The second-order valence-corrected chi connectivity index (χ2v) is 10.4. The van der Waals surface area contributed by atoms with Crippen LogP contribution < -0.4 is 10.6 Å². The Morgan fingerprint density at radius 2 is 2.00 bits per heavy atom. The van der Waals surface area contributed by atoms with Crippen LogP contribution in [0.25, 0.3) is 0 Å². The summed E-state index contributed by atoms with van der Waals surface area (Å²) in [6.45, 7) is 1.82. The number of nitrogens with one attached hydrogen (secondary N) is 2. The number of benzene rings is 1. The number of rotatable bonds is 7. The highest BCUT2D eigenvalue weighted by Crippen LogP contribution is 2.37. The number of aromatic nitrogens is 3. The SMILES string of the molecule is CC(NC(=O)c1ccc(Cl)cc1)c1nnc(SCC(=O)Nc2sc3c(c2C#N)CCCC3)n1C. The Bertz CT molecular complexity index is 1260. The number of halogens is 1. The Labute approximate surface area is 210 Å². The van der Waals surface area contributed by atoms with Gasteiger partial charge in [0.05, 0.1) is 17.4 Å². The minimum Gasteiger partial charge on any atom is -0.342 e. The molecule has 0 radical (unpaired) electrons. The summed E-state index contributed by atoms with van der Waals surface area (Å²) in [5.74, 6) is 0.259. The highest BCUT2D eigenvalue weighted by atomic mass is 35.5. The average Bonchev–Trinajstić information content (AvgIpc) is 3.37. The Kier molecular flexibility index (Phi) is 7.56. The van der Waals surface area contributed by atoms with Gasteiger partial charge in [-0.15, -0.1) is 21.5 Å². The predicted octanol–water partition coefficient (Wildman–Crippen LogP) is 4.50. The number of thiophene rings is 1. The smallest absolute Gasteiger partial charge is 0.251 e. The van der Waals surface area contributed by atoms with E-state index in [0.717, 1.165) is 31.2 Å². The van der Waals surface area contributed by atoms with Crippen molar-refractivity contribution in [1.82, 2.24) is 20.1 Å². The van der Waals surface area contributed by atoms with Gasteiger partial charge in [0.2, 0.25) is 5.91 Å². The Hall–Kier alpha value is -2.87. The minimum absolute atomic E-state index is 0.130. The lowest BCUT2D eigenvalue weighted by Gasteiger charge is -2.13. The molecule has 4 rings (SSSR count). The van der Waals surface area contributed by atoms with E-state index in [-0.39, 0.29) is 23.6 Å². The van der Waals surface area contributed by atoms with Crippen LogP contribution in [0.1, 0.15) is 58.0 Å². The molecule has 3 aromatic rings. The number of thioether (sulfide) groups is 1. The Morgan fingerprint density at radius 1 is 1.26 bits per heavy atom. The zero-order valence-corrected chi connectivity index (χ0v) is 21.1. The van der Waals surface area contributed by atoms with Crippen LogP contribution in [0, 0.1) is 11.3 Å². The second-order valence-electron chi connectivity index (χ2n) is 7.97. The van der Waals surface area contributed by atoms with Crippen molar-refractivity contribution < 1.29 is 9.59 Å². The number of fused-ring (bicyclic) bond motifs is 1. The number of aryl methyl sites for hydroxylation is 1. The van der Waals surface area contributed by atoms with Gasteiger partial charge in [0.25, 0.3) is 5.91 Å². The molecule has 1 atom stereocenters. The third-order valence-corrected chi connectivity index (χ3v) is 8.06. The Morgan fingerprint density at radius 3 is 2.74 bits per heavy atom. The van der Waals surface area contributed by atoms with E-state index in [9.17, 15) is 14.9 Å². The maximum atomic E-state index is 12.6. The maximum absolute atomic E-state index is 12.6. The lowest BCUT2D eigenvalue weighted by Crippen LogP contribution is -2.28. The van der Waals surface area contributed by atoms with Gasteiger partial charge in [-0.1, -0.05) is 23.4 Å². The monoisotopic (exact) mass is 514 g/mol. The van der Waals surface area contributed by atoms with E-state index >= 15 is 0 Å². The number of anilines is 1. The number of nitriles is 1. The quantitative estimate of drug-likeness (QED) is 0.449. The number of nitrogens with zero attached hydrogens (tertiary/aromatic N) is 4. The molecule has 11 heteroatoms. The van der Waals surface area contributed by atoms with Crippen LogP contribution in [0.3, 0.4) is 0 Å². The van der Waals surface area contributed by atoms with Crippen molar-refractivity contribution in [2.45, 2.75) is 43.8 Å². The van der Waals surface area contributed by atoms with Gasteiger partial charge in [-0.3, -0.25) is 9.59 Å². The molecule has 0 aliphatic heterocycles. The molecule has 1 aromatic carbocycles. The van der Waals surface area contributed by atoms with Crippen molar-refractivity contribution in [3.05, 3.63) is 56.7 Å². The lowest BCUT2D eigenvalue weighted by atomic mass is 9.96. The molecule has 0 spiro atoms. The van der Waals surface area contributed by atoms with E-state index in [1.165, 1.54) is 28.0 Å². The summed E-state index contributed by atoms with van der Waals surface area (Å²) in [6.07, 6.45) is 4.06. The zero-order chi connectivity index (χ0) is 24.2. The highest BCUT2D eigenvalue weighted by molar-refractivity contribution is 7.99. The second kappa shape index (κ2) is 10.6. The molecule has 8 nitrogen and oxygen atoms in total. The van der Waals surface area contributed by atoms with Crippen LogP contribution in [0.2, 0.25) is 5.02 Å². The molecule has 176 valence electrons. The molecule has 2 amide bonds. The summed E-state index contributed by atoms with van der Waals surface area (Å²) in [5.41, 5.74) is 2.19. The van der Waals surface area contributed by atoms with Crippen LogP contribution in [0.15, 0.2) is 29.4 Å². The van der Waals surface area contributed by atoms with E-state index in [0.29, 0.717) is 32.1 Å². The molecular weight excluding hydrogens is 492 g/mol. The molecule has 1 aliphatic carbocycles. The average molecular weight is 515 g/mol. The van der Waals surface area contributed by atoms with E-state index in [2.05, 4.69) is 26.9 Å². The fraction of sp³-hybridized carbons (Fsp3) is 0.348. The van der Waals surface area contributed by atoms with Crippen LogP contribution in [0.5, 0.6) is 0 Å². The van der Waals surface area contributed by atoms with Gasteiger partial charge in [-0.05, 0) is 62.4 Å². The van der Waals surface area contributed by atoms with Crippen molar-refractivity contribution in [3.63, 3.8) is 0 Å². The molecule has 0 fully saturated rings. The molecule has 0 bridgehead atoms. The van der Waals surface area contributed by atoms with Gasteiger partial charge >= 0.3 is 0 Å². The summed E-state index contributed by atoms with van der Waals surface area (Å²) in [6, 6.07) is 8.50. The van der Waals surface area contributed by atoms with Gasteiger partial charge in [0.1, 0.15) is 11.1 Å². The molecule has 2 aromatic heterocycles. The van der Waals surface area contributed by atoms with Crippen molar-refractivity contribution >= 4 is 51.5 Å². The summed E-state index contributed by atoms with van der Waals surface area (Å²) >= 11 is 8.64. The fourth-order valence-corrected chi connectivity index (χ4v) is 5.94. The summed E-state index contributed by atoms with van der Waals surface area (Å²) in [7, 11) is 1.79. The standard InChI is InChI=1S/C23H23ClN6O2S2/c1-13(26-21(32)14-7-9-15(24)10-8-14)20-28-29-23(30(20)2)33-12-19(31)27-22-17(11-25)16-5-3-4-6-18(16)34-22/h7-10,13H,3-6,12H2,1-2H3,(H,26,32)(H,27,31). The number of hydrogen-bond acceptors (Lipinski definition) is 7. The first-order valence-electron chi connectivity index (χ1n) is 10.8. The topological polar surface area (TPSA) is 113 Å². The summed E-state index contributed by atoms with van der Waals surface area (Å²) in [5, 5.41) is 25.5. The predicted molar refractivity (Wildman–Crippen MR) is 133 cm³/mol. The number of amides is 2. The summed E-state index contributed by atoms with van der Waals surface area (Å²) < 4.78 is 1.76. The van der Waals surface area contributed by atoms with E-state index < -0.39 is 0 Å². The van der Waals surface area contributed by atoms with Gasteiger partial charge in [0.15, 0.2) is 11.0 Å². The number of carbonyl (C=O) groups excluding carboxylic acids is 2. The van der Waals surface area contributed by atoms with Gasteiger partial charge in [0, 0.05) is 22.5 Å². The molecule has 0 saturated carbocycles. The van der Waals surface area contributed by atoms with Crippen LogP contribution in [-0.2, 0) is 24.7 Å². The van der Waals surface area contributed by atoms with Crippen LogP contribution in [-0.4, -0.2) is 32.3 Å². The van der Waals surface area contributed by atoms with Gasteiger partial charge in [-0.2, -0.15) is 5.26 Å². The Balaban J connectivity index is 1.36.